The maximum absolute atomic E-state index is 12.5. The van der Waals surface area contributed by atoms with Gasteiger partial charge in [0.15, 0.2) is 0 Å². The number of benzene rings is 2. The number of hydrogen-bond donors (Lipinski definition) is 1. The number of carbonyl (C=O) groups is 1. The van der Waals surface area contributed by atoms with Gasteiger partial charge in [0.25, 0.3) is 0 Å². The molecule has 0 aliphatic carbocycles. The van der Waals surface area contributed by atoms with Crippen LogP contribution in [0.3, 0.4) is 0 Å². The monoisotopic (exact) mass is 314 g/mol. The van der Waals surface area contributed by atoms with Crippen molar-refractivity contribution in [3.05, 3.63) is 54.1 Å². The van der Waals surface area contributed by atoms with Gasteiger partial charge in [-0.3, -0.25) is 0 Å². The molecular formula is C18H22N2O3. The van der Waals surface area contributed by atoms with Crippen LogP contribution in [-0.4, -0.2) is 31.7 Å². The summed E-state index contributed by atoms with van der Waals surface area (Å²) in [5, 5.41) is 2.89. The molecule has 2 aromatic carbocycles. The Morgan fingerprint density at radius 1 is 1.09 bits per heavy atom. The van der Waals surface area contributed by atoms with Gasteiger partial charge in [0.2, 0.25) is 0 Å². The number of carbonyl (C=O) groups excluding carboxylic acids is 1. The number of amides is 2. The Bertz CT molecular complexity index is 644. The third-order valence-corrected chi connectivity index (χ3v) is 3.53. The van der Waals surface area contributed by atoms with Crippen LogP contribution in [0.4, 0.5) is 10.5 Å². The van der Waals surface area contributed by atoms with Gasteiger partial charge < -0.3 is 19.7 Å². The van der Waals surface area contributed by atoms with Crippen LogP contribution in [0.1, 0.15) is 12.5 Å². The number of methoxy groups -OCH3 is 2. The lowest BCUT2D eigenvalue weighted by Gasteiger charge is -2.22. The highest BCUT2D eigenvalue weighted by molar-refractivity contribution is 5.91. The second kappa shape index (κ2) is 8.08. The van der Waals surface area contributed by atoms with Crippen LogP contribution >= 0.6 is 0 Å². The van der Waals surface area contributed by atoms with Crippen molar-refractivity contribution in [2.75, 3.05) is 26.1 Å². The number of hydrogen-bond acceptors (Lipinski definition) is 3. The molecule has 0 saturated heterocycles. The fourth-order valence-electron chi connectivity index (χ4n) is 2.24. The van der Waals surface area contributed by atoms with Crippen LogP contribution in [0, 0.1) is 0 Å². The predicted octanol–water partition coefficient (Wildman–Crippen LogP) is 3.76. The third kappa shape index (κ3) is 4.39. The topological polar surface area (TPSA) is 50.8 Å². The molecule has 0 spiro atoms. The van der Waals surface area contributed by atoms with Gasteiger partial charge in [-0.2, -0.15) is 0 Å². The summed E-state index contributed by atoms with van der Waals surface area (Å²) >= 11 is 0. The van der Waals surface area contributed by atoms with E-state index in [2.05, 4.69) is 5.32 Å². The first-order valence-corrected chi connectivity index (χ1v) is 7.49. The zero-order valence-corrected chi connectivity index (χ0v) is 13.7. The number of anilines is 1. The van der Waals surface area contributed by atoms with Gasteiger partial charge in [-0.05, 0) is 24.6 Å². The Morgan fingerprint density at radius 2 is 1.83 bits per heavy atom. The molecule has 0 heterocycles. The lowest BCUT2D eigenvalue weighted by molar-refractivity contribution is 0.212. The van der Waals surface area contributed by atoms with Crippen LogP contribution in [0.2, 0.25) is 0 Å². The van der Waals surface area contributed by atoms with Crippen LogP contribution in [-0.2, 0) is 6.54 Å². The van der Waals surface area contributed by atoms with Crippen LogP contribution in [0.15, 0.2) is 48.5 Å². The molecule has 5 heteroatoms. The minimum absolute atomic E-state index is 0.178. The average molecular weight is 314 g/mol. The fourth-order valence-corrected chi connectivity index (χ4v) is 2.24. The van der Waals surface area contributed by atoms with E-state index in [1.807, 2.05) is 37.3 Å². The first-order chi connectivity index (χ1) is 11.2. The summed E-state index contributed by atoms with van der Waals surface area (Å²) in [7, 11) is 3.15. The molecular weight excluding hydrogens is 292 g/mol. The van der Waals surface area contributed by atoms with Gasteiger partial charge in [0.1, 0.15) is 11.5 Å². The number of urea groups is 1. The van der Waals surface area contributed by atoms with Gasteiger partial charge in [0.05, 0.1) is 19.9 Å². The molecule has 0 aliphatic heterocycles. The average Bonchev–Trinajstić information content (AvgIpc) is 2.60. The summed E-state index contributed by atoms with van der Waals surface area (Å²) in [6.07, 6.45) is 0. The van der Waals surface area contributed by atoms with E-state index < -0.39 is 0 Å². The first-order valence-electron chi connectivity index (χ1n) is 7.49. The lowest BCUT2D eigenvalue weighted by Crippen LogP contribution is -2.34. The largest absolute Gasteiger partial charge is 0.497 e. The Kier molecular flexibility index (Phi) is 5.86. The van der Waals surface area contributed by atoms with Gasteiger partial charge in [-0.15, -0.1) is 0 Å². The lowest BCUT2D eigenvalue weighted by atomic mass is 10.2. The predicted molar refractivity (Wildman–Crippen MR) is 91.1 cm³/mol. The summed E-state index contributed by atoms with van der Waals surface area (Å²) in [6, 6.07) is 15.0. The molecule has 2 aromatic rings. The van der Waals surface area contributed by atoms with E-state index in [4.69, 9.17) is 9.47 Å². The highest BCUT2D eigenvalue weighted by Crippen LogP contribution is 2.29. The molecule has 0 bridgehead atoms. The van der Waals surface area contributed by atoms with Gasteiger partial charge in [-0.25, -0.2) is 4.79 Å². The fraction of sp³-hybridized carbons (Fsp3) is 0.278. The number of nitrogens with one attached hydrogen (secondary N) is 1. The molecule has 0 aliphatic rings. The van der Waals surface area contributed by atoms with E-state index in [-0.39, 0.29) is 6.03 Å². The molecule has 5 nitrogen and oxygen atoms in total. The normalized spacial score (nSPS) is 10.0. The van der Waals surface area contributed by atoms with Gasteiger partial charge in [-0.1, -0.05) is 30.3 Å². The molecule has 0 radical (unpaired) electrons. The molecule has 23 heavy (non-hydrogen) atoms. The number of nitrogens with zero attached hydrogens (tertiary/aromatic N) is 1. The van der Waals surface area contributed by atoms with E-state index >= 15 is 0 Å². The maximum Gasteiger partial charge on any atom is 0.322 e. The van der Waals surface area contributed by atoms with Crippen molar-refractivity contribution in [3.63, 3.8) is 0 Å². The molecule has 2 rings (SSSR count). The molecule has 0 fully saturated rings. The van der Waals surface area contributed by atoms with E-state index in [1.165, 1.54) is 0 Å². The van der Waals surface area contributed by atoms with Gasteiger partial charge in [0, 0.05) is 19.2 Å². The highest BCUT2D eigenvalue weighted by atomic mass is 16.5. The molecule has 1 N–H and O–H groups in total. The summed E-state index contributed by atoms with van der Waals surface area (Å²) in [5.41, 5.74) is 1.67. The molecule has 0 aromatic heterocycles. The third-order valence-electron chi connectivity index (χ3n) is 3.53. The number of ether oxygens (including phenoxy) is 2. The van der Waals surface area contributed by atoms with Crippen LogP contribution in [0.25, 0.3) is 0 Å². The van der Waals surface area contributed by atoms with Crippen molar-refractivity contribution in [1.29, 1.82) is 0 Å². The van der Waals surface area contributed by atoms with E-state index in [0.717, 1.165) is 5.56 Å². The van der Waals surface area contributed by atoms with Crippen molar-refractivity contribution >= 4 is 11.7 Å². The zero-order valence-electron chi connectivity index (χ0n) is 13.7. The second-order valence-corrected chi connectivity index (χ2v) is 5.00. The molecule has 0 saturated carbocycles. The molecule has 0 atom stereocenters. The SMILES string of the molecule is CCN(Cc1ccccc1)C(=O)Nc1cc(OC)ccc1OC. The Labute approximate surface area is 136 Å². The van der Waals surface area contributed by atoms with E-state index in [9.17, 15) is 4.79 Å². The molecule has 2 amide bonds. The minimum Gasteiger partial charge on any atom is -0.497 e. The highest BCUT2D eigenvalue weighted by Gasteiger charge is 2.15. The van der Waals surface area contributed by atoms with Crippen molar-refractivity contribution < 1.29 is 14.3 Å². The molecule has 122 valence electrons. The van der Waals surface area contributed by atoms with Crippen molar-refractivity contribution in [3.8, 4) is 11.5 Å². The maximum atomic E-state index is 12.5. The quantitative estimate of drug-likeness (QED) is 0.883. The van der Waals surface area contributed by atoms with Crippen molar-refractivity contribution in [2.45, 2.75) is 13.5 Å². The van der Waals surface area contributed by atoms with Crippen molar-refractivity contribution in [2.24, 2.45) is 0 Å². The number of rotatable bonds is 6. The summed E-state index contributed by atoms with van der Waals surface area (Å²) in [5.74, 6) is 1.25. The Hall–Kier alpha value is -2.69. The standard InChI is InChI=1S/C18H22N2O3/c1-4-20(13-14-8-6-5-7-9-14)18(21)19-16-12-15(22-2)10-11-17(16)23-3/h5-12H,4,13H2,1-3H3,(H,19,21). The summed E-state index contributed by atoms with van der Waals surface area (Å²) in [6.45, 7) is 3.10. The van der Waals surface area contributed by atoms with E-state index in [0.29, 0.717) is 30.3 Å². The first kappa shape index (κ1) is 16.7. The summed E-state index contributed by atoms with van der Waals surface area (Å²) in [4.78, 5) is 14.3. The Balaban J connectivity index is 2.13. The second-order valence-electron chi connectivity index (χ2n) is 5.00. The van der Waals surface area contributed by atoms with Crippen LogP contribution < -0.4 is 14.8 Å². The van der Waals surface area contributed by atoms with Crippen molar-refractivity contribution in [1.82, 2.24) is 4.90 Å². The smallest absolute Gasteiger partial charge is 0.322 e. The minimum atomic E-state index is -0.178. The molecule has 0 unspecified atom stereocenters. The summed E-state index contributed by atoms with van der Waals surface area (Å²) < 4.78 is 10.5. The van der Waals surface area contributed by atoms with E-state index in [1.54, 1.807) is 37.3 Å². The van der Waals surface area contributed by atoms with Crippen LogP contribution in [0.5, 0.6) is 11.5 Å². The Morgan fingerprint density at radius 3 is 2.43 bits per heavy atom. The van der Waals surface area contributed by atoms with Gasteiger partial charge >= 0.3 is 6.03 Å². The zero-order chi connectivity index (χ0) is 16.7.